The minimum Gasteiger partial charge on any atom is -0.478 e. The minimum absolute atomic E-state index is 0.0184. The lowest BCUT2D eigenvalue weighted by atomic mass is 10.3. The molecular weight excluding hydrogens is 298 g/mol. The van der Waals surface area contributed by atoms with Crippen LogP contribution in [0.3, 0.4) is 0 Å². The molecule has 0 bridgehead atoms. The molecule has 1 heterocycles. The smallest absolute Gasteiger partial charge is 0.337 e. The number of hydrogen-bond acceptors (Lipinski definition) is 6. The van der Waals surface area contributed by atoms with Gasteiger partial charge in [0.1, 0.15) is 0 Å². The van der Waals surface area contributed by atoms with Gasteiger partial charge in [0.25, 0.3) is 10.0 Å². The van der Waals surface area contributed by atoms with E-state index in [1.165, 1.54) is 13.2 Å². The Morgan fingerprint density at radius 3 is 2.67 bits per heavy atom. The highest BCUT2D eigenvalue weighted by Crippen LogP contribution is 2.14. The van der Waals surface area contributed by atoms with Gasteiger partial charge < -0.3 is 9.84 Å². The van der Waals surface area contributed by atoms with Gasteiger partial charge in [0.05, 0.1) is 18.2 Å². The first-order valence-corrected chi connectivity index (χ1v) is 7.43. The first-order valence-electron chi connectivity index (χ1n) is 5.99. The molecule has 0 atom stereocenters. The molecule has 1 aromatic heterocycles. The van der Waals surface area contributed by atoms with Gasteiger partial charge in [0.15, 0.2) is 5.03 Å². The average Bonchev–Trinajstić information content (AvgIpc) is 2.47. The maximum absolute atomic E-state index is 12.4. The number of pyridine rings is 1. The van der Waals surface area contributed by atoms with E-state index < -0.39 is 16.0 Å². The molecule has 114 valence electrons. The number of carboxylic acid groups (broad SMARTS) is 1. The number of ether oxygens (including phenoxy) is 1. The highest BCUT2D eigenvalue weighted by atomic mass is 32.2. The fourth-order valence-corrected chi connectivity index (χ4v) is 2.85. The van der Waals surface area contributed by atoms with E-state index in [0.717, 1.165) is 16.6 Å². The van der Waals surface area contributed by atoms with E-state index >= 15 is 0 Å². The molecule has 0 aliphatic heterocycles. The number of nitriles is 1. The van der Waals surface area contributed by atoms with E-state index in [9.17, 15) is 13.2 Å². The van der Waals surface area contributed by atoms with Gasteiger partial charge in [-0.25, -0.2) is 18.2 Å². The summed E-state index contributed by atoms with van der Waals surface area (Å²) in [6.45, 7) is 0.283. The van der Waals surface area contributed by atoms with Gasteiger partial charge >= 0.3 is 5.97 Å². The molecule has 0 saturated heterocycles. The Morgan fingerprint density at radius 1 is 1.48 bits per heavy atom. The fourth-order valence-electron chi connectivity index (χ4n) is 1.51. The van der Waals surface area contributed by atoms with Crippen LogP contribution in [0, 0.1) is 11.3 Å². The first-order chi connectivity index (χ1) is 9.93. The molecule has 21 heavy (non-hydrogen) atoms. The van der Waals surface area contributed by atoms with E-state index in [-0.39, 0.29) is 36.7 Å². The maximum atomic E-state index is 12.4. The Bertz CT molecular complexity index is 621. The Morgan fingerprint density at radius 2 is 2.19 bits per heavy atom. The van der Waals surface area contributed by atoms with Gasteiger partial charge in [-0.3, -0.25) is 0 Å². The lowest BCUT2D eigenvalue weighted by molar-refractivity contribution is 0.0696. The van der Waals surface area contributed by atoms with Crippen molar-refractivity contribution in [1.82, 2.24) is 9.29 Å². The molecule has 0 fully saturated rings. The van der Waals surface area contributed by atoms with Crippen LogP contribution in [0.1, 0.15) is 16.8 Å². The Balaban J connectivity index is 3.03. The second-order valence-corrected chi connectivity index (χ2v) is 5.88. The third-order valence-corrected chi connectivity index (χ3v) is 4.42. The van der Waals surface area contributed by atoms with Crippen molar-refractivity contribution in [3.63, 3.8) is 0 Å². The molecular formula is C12H15N3O5S. The molecule has 0 aliphatic rings. The third-order valence-electron chi connectivity index (χ3n) is 2.61. The molecule has 0 radical (unpaired) electrons. The maximum Gasteiger partial charge on any atom is 0.337 e. The van der Waals surface area contributed by atoms with Crippen LogP contribution in [0.2, 0.25) is 0 Å². The minimum atomic E-state index is -3.89. The molecule has 0 spiro atoms. The second-order valence-electron chi connectivity index (χ2n) is 4.00. The fraction of sp³-hybridized carbons (Fsp3) is 0.417. The third kappa shape index (κ3) is 4.49. The van der Waals surface area contributed by atoms with Crippen LogP contribution >= 0.6 is 0 Å². The molecule has 8 nitrogen and oxygen atoms in total. The Hall–Kier alpha value is -2.02. The summed E-state index contributed by atoms with van der Waals surface area (Å²) in [5.41, 5.74) is -0.102. The number of carboxylic acids is 1. The van der Waals surface area contributed by atoms with Crippen molar-refractivity contribution in [3.8, 4) is 6.07 Å². The summed E-state index contributed by atoms with van der Waals surface area (Å²) >= 11 is 0. The van der Waals surface area contributed by atoms with Crippen molar-refractivity contribution in [2.75, 3.05) is 26.8 Å². The van der Waals surface area contributed by atoms with E-state index in [1.54, 1.807) is 0 Å². The van der Waals surface area contributed by atoms with E-state index in [4.69, 9.17) is 15.1 Å². The van der Waals surface area contributed by atoms with Crippen LogP contribution in [-0.2, 0) is 14.8 Å². The van der Waals surface area contributed by atoms with Crippen LogP contribution in [0.25, 0.3) is 0 Å². The zero-order valence-electron chi connectivity index (χ0n) is 11.4. The first kappa shape index (κ1) is 17.0. The molecule has 0 aromatic carbocycles. The quantitative estimate of drug-likeness (QED) is 0.734. The molecule has 0 amide bonds. The molecule has 0 saturated carbocycles. The SMILES string of the molecule is COCCN(CCC#N)S(=O)(=O)c1ccc(C(=O)O)cn1. The van der Waals surface area contributed by atoms with Crippen molar-refractivity contribution in [3.05, 3.63) is 23.9 Å². The van der Waals surface area contributed by atoms with Crippen molar-refractivity contribution >= 4 is 16.0 Å². The lowest BCUT2D eigenvalue weighted by Gasteiger charge is -2.20. The zero-order chi connectivity index (χ0) is 15.9. The number of carbonyl (C=O) groups is 1. The van der Waals surface area contributed by atoms with Crippen molar-refractivity contribution < 1.29 is 23.1 Å². The van der Waals surface area contributed by atoms with Gasteiger partial charge in [0.2, 0.25) is 0 Å². The number of methoxy groups -OCH3 is 1. The highest BCUT2D eigenvalue weighted by Gasteiger charge is 2.25. The Kier molecular flexibility index (Phi) is 6.23. The molecule has 1 rings (SSSR count). The van der Waals surface area contributed by atoms with Gasteiger partial charge in [-0.15, -0.1) is 0 Å². The van der Waals surface area contributed by atoms with Gasteiger partial charge in [0, 0.05) is 32.8 Å². The summed E-state index contributed by atoms with van der Waals surface area (Å²) in [6, 6.07) is 4.17. The molecule has 0 aliphatic carbocycles. The van der Waals surface area contributed by atoms with E-state index in [1.807, 2.05) is 6.07 Å². The second kappa shape index (κ2) is 7.68. The molecule has 9 heteroatoms. The van der Waals surface area contributed by atoms with Crippen LogP contribution in [0.5, 0.6) is 0 Å². The van der Waals surface area contributed by atoms with Crippen LogP contribution in [-0.4, -0.2) is 55.6 Å². The Labute approximate surface area is 122 Å². The number of nitrogens with zero attached hydrogens (tertiary/aromatic N) is 3. The summed E-state index contributed by atoms with van der Waals surface area (Å²) in [4.78, 5) is 14.4. The lowest BCUT2D eigenvalue weighted by Crippen LogP contribution is -2.35. The van der Waals surface area contributed by atoms with Crippen molar-refractivity contribution in [2.24, 2.45) is 0 Å². The summed E-state index contributed by atoms with van der Waals surface area (Å²) in [5, 5.41) is 17.1. The highest BCUT2D eigenvalue weighted by molar-refractivity contribution is 7.89. The van der Waals surface area contributed by atoms with Crippen molar-refractivity contribution in [2.45, 2.75) is 11.4 Å². The molecule has 0 unspecified atom stereocenters. The van der Waals surface area contributed by atoms with Crippen LogP contribution in [0.4, 0.5) is 0 Å². The van der Waals surface area contributed by atoms with E-state index in [0.29, 0.717) is 0 Å². The number of aromatic carboxylic acids is 1. The normalized spacial score (nSPS) is 11.3. The van der Waals surface area contributed by atoms with Gasteiger partial charge in [-0.05, 0) is 12.1 Å². The monoisotopic (exact) mass is 313 g/mol. The zero-order valence-corrected chi connectivity index (χ0v) is 12.2. The van der Waals surface area contributed by atoms with Crippen LogP contribution < -0.4 is 0 Å². The summed E-state index contributed by atoms with van der Waals surface area (Å²) in [6.07, 6.45) is 1.02. The number of sulfonamides is 1. The summed E-state index contributed by atoms with van der Waals surface area (Å²) in [7, 11) is -2.45. The van der Waals surface area contributed by atoms with Gasteiger partial charge in [-0.1, -0.05) is 0 Å². The topological polar surface area (TPSA) is 121 Å². The predicted molar refractivity (Wildman–Crippen MR) is 72.1 cm³/mol. The van der Waals surface area contributed by atoms with Crippen LogP contribution in [0.15, 0.2) is 23.4 Å². The summed E-state index contributed by atoms with van der Waals surface area (Å²) < 4.78 is 30.7. The summed E-state index contributed by atoms with van der Waals surface area (Å²) in [5.74, 6) is -1.19. The number of rotatable bonds is 8. The standard InChI is InChI=1S/C12H15N3O5S/c1-20-8-7-15(6-2-5-13)21(18,19)11-4-3-10(9-14-11)12(16)17/h3-4,9H,2,6-8H2,1H3,(H,16,17). The van der Waals surface area contributed by atoms with Gasteiger partial charge in [-0.2, -0.15) is 9.57 Å². The van der Waals surface area contributed by atoms with E-state index in [2.05, 4.69) is 4.98 Å². The molecule has 1 N–H and O–H groups in total. The van der Waals surface area contributed by atoms with Crippen molar-refractivity contribution in [1.29, 1.82) is 5.26 Å². The largest absolute Gasteiger partial charge is 0.478 e. The average molecular weight is 313 g/mol. The number of aromatic nitrogens is 1. The molecule has 1 aromatic rings. The number of hydrogen-bond donors (Lipinski definition) is 1. The predicted octanol–water partition coefficient (Wildman–Crippen LogP) is 0.331.